The molecule has 144 valence electrons. The molecule has 3 rings (SSSR count). The third kappa shape index (κ3) is 2.16. The van der Waals surface area contributed by atoms with Crippen molar-refractivity contribution >= 4 is 0 Å². The van der Waals surface area contributed by atoms with Crippen molar-refractivity contribution < 1.29 is 4.74 Å². The van der Waals surface area contributed by atoms with Crippen LogP contribution in [0, 0.1) is 34.0 Å². The molecule has 2 heteroatoms. The normalized spacial score (nSPS) is 58.1. The molecular formula is C23H41NO. The van der Waals surface area contributed by atoms with Gasteiger partial charge >= 0.3 is 0 Å². The second-order valence-electron chi connectivity index (χ2n) is 11.1. The molecule has 3 fully saturated rings. The van der Waals surface area contributed by atoms with Gasteiger partial charge in [-0.25, -0.2) is 0 Å². The maximum absolute atomic E-state index is 7.02. The fourth-order valence-electron chi connectivity index (χ4n) is 8.07. The summed E-state index contributed by atoms with van der Waals surface area (Å²) < 4.78 is 6.95. The Balaban J connectivity index is 2.22. The minimum absolute atomic E-state index is 0.0309. The Hall–Kier alpha value is -0.340. The number of fused-ring (bicyclic) bond motifs is 3. The zero-order chi connectivity index (χ0) is 19.1. The molecule has 0 spiro atoms. The molecule has 0 bridgehead atoms. The Morgan fingerprint density at radius 2 is 1.64 bits per heavy atom. The fraction of sp³-hybridized carbons (Fsp3) is 0.913. The monoisotopic (exact) mass is 347 g/mol. The van der Waals surface area contributed by atoms with Crippen LogP contribution in [0.15, 0.2) is 12.7 Å². The number of ether oxygens (including phenoxy) is 1. The van der Waals surface area contributed by atoms with E-state index in [1.54, 1.807) is 0 Å². The summed E-state index contributed by atoms with van der Waals surface area (Å²) in [5.41, 5.74) is 7.01. The molecule has 1 aliphatic heterocycles. The predicted molar refractivity (Wildman–Crippen MR) is 106 cm³/mol. The van der Waals surface area contributed by atoms with E-state index in [9.17, 15) is 0 Å². The van der Waals surface area contributed by atoms with Crippen LogP contribution in [0.4, 0.5) is 0 Å². The first-order valence-corrected chi connectivity index (χ1v) is 10.4. The van der Waals surface area contributed by atoms with Gasteiger partial charge in [-0.3, -0.25) is 0 Å². The van der Waals surface area contributed by atoms with Gasteiger partial charge in [0.15, 0.2) is 0 Å². The van der Waals surface area contributed by atoms with Gasteiger partial charge in [-0.1, -0.05) is 54.0 Å². The van der Waals surface area contributed by atoms with Crippen molar-refractivity contribution in [3.8, 4) is 0 Å². The van der Waals surface area contributed by atoms with Crippen LogP contribution < -0.4 is 5.73 Å². The summed E-state index contributed by atoms with van der Waals surface area (Å²) in [4.78, 5) is 0. The number of rotatable bonds is 1. The fourth-order valence-corrected chi connectivity index (χ4v) is 8.07. The van der Waals surface area contributed by atoms with Crippen molar-refractivity contribution in [3.63, 3.8) is 0 Å². The highest BCUT2D eigenvalue weighted by atomic mass is 16.5. The molecule has 2 N–H and O–H groups in total. The first-order chi connectivity index (χ1) is 11.3. The van der Waals surface area contributed by atoms with Crippen LogP contribution >= 0.6 is 0 Å². The Morgan fingerprint density at radius 3 is 2.20 bits per heavy atom. The van der Waals surface area contributed by atoms with Crippen molar-refractivity contribution in [3.05, 3.63) is 12.7 Å². The van der Waals surface area contributed by atoms with Crippen LogP contribution in [0.1, 0.15) is 81.1 Å². The van der Waals surface area contributed by atoms with E-state index in [2.05, 4.69) is 62.0 Å². The highest BCUT2D eigenvalue weighted by molar-refractivity contribution is 5.24. The molecule has 8 atom stereocenters. The van der Waals surface area contributed by atoms with Gasteiger partial charge in [0.05, 0.1) is 11.2 Å². The van der Waals surface area contributed by atoms with Gasteiger partial charge in [-0.05, 0) is 61.7 Å². The van der Waals surface area contributed by atoms with Crippen LogP contribution in [0.25, 0.3) is 0 Å². The third-order valence-electron chi connectivity index (χ3n) is 9.69. The molecule has 0 aromatic rings. The van der Waals surface area contributed by atoms with E-state index in [0.29, 0.717) is 23.2 Å². The second kappa shape index (κ2) is 5.35. The van der Waals surface area contributed by atoms with Crippen molar-refractivity contribution in [1.82, 2.24) is 0 Å². The summed E-state index contributed by atoms with van der Waals surface area (Å²) in [5.74, 6) is 1.78. The molecule has 3 aliphatic rings. The van der Waals surface area contributed by atoms with Gasteiger partial charge in [0.25, 0.3) is 0 Å². The average Bonchev–Trinajstić information content (AvgIpc) is 2.49. The average molecular weight is 348 g/mol. The molecule has 2 aliphatic carbocycles. The molecule has 0 aromatic heterocycles. The summed E-state index contributed by atoms with van der Waals surface area (Å²) in [6.45, 7) is 23.5. The first-order valence-electron chi connectivity index (χ1n) is 10.4. The predicted octanol–water partition coefficient (Wildman–Crippen LogP) is 5.56. The molecule has 0 amide bonds. The summed E-state index contributed by atoms with van der Waals surface area (Å²) in [6, 6.07) is 0.130. The van der Waals surface area contributed by atoms with Gasteiger partial charge in [0.1, 0.15) is 0 Å². The lowest BCUT2D eigenvalue weighted by atomic mass is 9.34. The quantitative estimate of drug-likeness (QED) is 0.630. The molecule has 1 heterocycles. The van der Waals surface area contributed by atoms with E-state index >= 15 is 0 Å². The van der Waals surface area contributed by atoms with E-state index in [4.69, 9.17) is 10.5 Å². The van der Waals surface area contributed by atoms with Gasteiger partial charge in [-0.2, -0.15) is 0 Å². The van der Waals surface area contributed by atoms with E-state index in [0.717, 1.165) is 6.42 Å². The van der Waals surface area contributed by atoms with Crippen LogP contribution in [0.5, 0.6) is 0 Å². The first kappa shape index (κ1) is 19.4. The molecule has 1 saturated heterocycles. The topological polar surface area (TPSA) is 35.2 Å². The Labute approximate surface area is 156 Å². The minimum Gasteiger partial charge on any atom is -0.364 e. The number of nitrogens with two attached hydrogens (primary N) is 1. The molecule has 25 heavy (non-hydrogen) atoms. The van der Waals surface area contributed by atoms with Crippen LogP contribution in [-0.4, -0.2) is 17.2 Å². The summed E-state index contributed by atoms with van der Waals surface area (Å²) in [5, 5.41) is 0. The summed E-state index contributed by atoms with van der Waals surface area (Å²) >= 11 is 0. The van der Waals surface area contributed by atoms with E-state index in [-0.39, 0.29) is 28.1 Å². The van der Waals surface area contributed by atoms with E-state index in [1.165, 1.54) is 19.3 Å². The molecule has 6 unspecified atom stereocenters. The van der Waals surface area contributed by atoms with Gasteiger partial charge < -0.3 is 10.5 Å². The van der Waals surface area contributed by atoms with Crippen LogP contribution in [0.2, 0.25) is 0 Å². The lowest BCUT2D eigenvalue weighted by Gasteiger charge is -2.75. The largest absolute Gasteiger partial charge is 0.364 e. The summed E-state index contributed by atoms with van der Waals surface area (Å²) in [6.07, 6.45) is 6.75. The van der Waals surface area contributed by atoms with Crippen LogP contribution in [-0.2, 0) is 4.74 Å². The molecule has 0 radical (unpaired) electrons. The maximum Gasteiger partial charge on any atom is 0.0854 e. The van der Waals surface area contributed by atoms with Gasteiger partial charge in [0, 0.05) is 11.5 Å². The Morgan fingerprint density at radius 1 is 1.04 bits per heavy atom. The third-order valence-corrected chi connectivity index (χ3v) is 9.69. The molecular weight excluding hydrogens is 306 g/mol. The van der Waals surface area contributed by atoms with Crippen molar-refractivity contribution in [2.24, 2.45) is 39.7 Å². The zero-order valence-electron chi connectivity index (χ0n) is 17.9. The lowest BCUT2D eigenvalue weighted by molar-refractivity contribution is -0.336. The van der Waals surface area contributed by atoms with Crippen molar-refractivity contribution in [1.29, 1.82) is 0 Å². The Bertz CT molecular complexity index is 570. The second-order valence-corrected chi connectivity index (χ2v) is 11.1. The number of hydrogen-bond donors (Lipinski definition) is 1. The number of hydrogen-bond acceptors (Lipinski definition) is 2. The van der Waals surface area contributed by atoms with Gasteiger partial charge in [0.2, 0.25) is 0 Å². The molecule has 2 nitrogen and oxygen atoms in total. The zero-order valence-corrected chi connectivity index (χ0v) is 17.9. The molecule has 0 aromatic carbocycles. The summed E-state index contributed by atoms with van der Waals surface area (Å²) in [7, 11) is 0. The standard InChI is InChI=1S/C23H41NO/c1-10-20(6)14-17(24)22(8)21(7)13-11-12-19(4,5)18(21)15(2)16(3)23(22,9)25-20/h10,15-18H,1,11-14,24H2,2-9H3/t15?,16?,17?,18?,20-,21?,22?,23+/m0/s1. The molecule has 2 saturated carbocycles. The van der Waals surface area contributed by atoms with Gasteiger partial charge in [-0.15, -0.1) is 6.58 Å². The van der Waals surface area contributed by atoms with E-state index in [1.807, 2.05) is 6.08 Å². The minimum atomic E-state index is -0.324. The van der Waals surface area contributed by atoms with Crippen molar-refractivity contribution in [2.45, 2.75) is 98.3 Å². The van der Waals surface area contributed by atoms with E-state index < -0.39 is 0 Å². The lowest BCUT2D eigenvalue weighted by Crippen LogP contribution is -2.78. The van der Waals surface area contributed by atoms with Crippen LogP contribution in [0.3, 0.4) is 0 Å². The van der Waals surface area contributed by atoms with Crippen molar-refractivity contribution in [2.75, 3.05) is 0 Å². The Kier molecular flexibility index (Phi) is 4.16. The highest BCUT2D eigenvalue weighted by Gasteiger charge is 2.73. The SMILES string of the molecule is C=C[C@@]1(C)CC(N)C2(C)C3(C)CCCC(C)(C)C3C(C)C(C)[C@@]2(C)O1. The maximum atomic E-state index is 7.02. The smallest absolute Gasteiger partial charge is 0.0854 e. The highest BCUT2D eigenvalue weighted by Crippen LogP contribution is 2.73.